The van der Waals surface area contributed by atoms with Crippen LogP contribution in [0, 0.1) is 17.8 Å². The molecule has 40 heavy (non-hydrogen) atoms. The molecule has 0 spiro atoms. The monoisotopic (exact) mass is 556 g/mol. The smallest absolute Gasteiger partial charge is 0.330 e. The molecule has 1 aromatic rings. The Balaban J connectivity index is 2.19. The number of hydrogen-bond donors (Lipinski definition) is 4. The number of amides is 4. The first-order chi connectivity index (χ1) is 19.0. The molecule has 1 fully saturated rings. The Hall–Kier alpha value is -3.69. The van der Waals surface area contributed by atoms with E-state index in [4.69, 9.17) is 4.74 Å². The summed E-state index contributed by atoms with van der Waals surface area (Å²) >= 11 is 0. The van der Waals surface area contributed by atoms with E-state index >= 15 is 0 Å². The van der Waals surface area contributed by atoms with Crippen LogP contribution in [0.4, 0.5) is 0 Å². The Bertz CT molecular complexity index is 1040. The van der Waals surface area contributed by atoms with Gasteiger partial charge in [-0.05, 0) is 56.6 Å². The molecule has 1 aromatic carbocycles. The van der Waals surface area contributed by atoms with E-state index < -0.39 is 35.9 Å². The minimum atomic E-state index is -0.883. The summed E-state index contributed by atoms with van der Waals surface area (Å²) in [5, 5.41) is 11.3. The highest BCUT2D eigenvalue weighted by Gasteiger charge is 2.31. The summed E-state index contributed by atoms with van der Waals surface area (Å²) in [6.07, 6.45) is 4.45. The van der Waals surface area contributed by atoms with Crippen LogP contribution in [0.3, 0.4) is 0 Å². The van der Waals surface area contributed by atoms with Crippen LogP contribution in [0.1, 0.15) is 70.7 Å². The Kier molecular flexibility index (Phi) is 13.4. The number of esters is 1. The first-order valence-corrected chi connectivity index (χ1v) is 14.1. The second-order valence-corrected chi connectivity index (χ2v) is 11.0. The topological polar surface area (TPSA) is 143 Å². The summed E-state index contributed by atoms with van der Waals surface area (Å²) in [6.45, 7) is 10.3. The molecule has 4 amide bonds. The molecule has 2 rings (SSSR count). The first kappa shape index (κ1) is 32.5. The fraction of sp³-hybridized carbons (Fsp3) is 0.567. The zero-order valence-electron chi connectivity index (χ0n) is 24.2. The second kappa shape index (κ2) is 16.4. The van der Waals surface area contributed by atoms with Gasteiger partial charge in [-0.3, -0.25) is 19.2 Å². The van der Waals surface area contributed by atoms with Gasteiger partial charge < -0.3 is 26.0 Å². The van der Waals surface area contributed by atoms with Crippen molar-refractivity contribution >= 4 is 29.6 Å². The minimum Gasteiger partial charge on any atom is -0.463 e. The third-order valence-corrected chi connectivity index (χ3v) is 6.49. The third-order valence-electron chi connectivity index (χ3n) is 6.49. The average Bonchev–Trinajstić information content (AvgIpc) is 3.30. The van der Waals surface area contributed by atoms with Crippen LogP contribution in [-0.2, 0) is 23.9 Å². The summed E-state index contributed by atoms with van der Waals surface area (Å²) in [5.74, 6) is -2.02. The molecule has 1 aliphatic rings. The maximum Gasteiger partial charge on any atom is 0.330 e. The summed E-state index contributed by atoms with van der Waals surface area (Å²) in [5.41, 5.74) is 0.438. The van der Waals surface area contributed by atoms with Gasteiger partial charge in [0.1, 0.15) is 12.1 Å². The van der Waals surface area contributed by atoms with Crippen LogP contribution >= 0.6 is 0 Å². The van der Waals surface area contributed by atoms with E-state index in [2.05, 4.69) is 21.3 Å². The number of rotatable bonds is 15. The summed E-state index contributed by atoms with van der Waals surface area (Å²) < 4.78 is 4.95. The van der Waals surface area contributed by atoms with Gasteiger partial charge in [0.2, 0.25) is 17.7 Å². The second-order valence-electron chi connectivity index (χ2n) is 11.0. The van der Waals surface area contributed by atoms with Gasteiger partial charge in [0.05, 0.1) is 6.61 Å². The van der Waals surface area contributed by atoms with Gasteiger partial charge in [-0.25, -0.2) is 4.79 Å². The number of hydrogen-bond acceptors (Lipinski definition) is 6. The molecule has 4 atom stereocenters. The lowest BCUT2D eigenvalue weighted by atomic mass is 9.96. The molecule has 0 bridgehead atoms. The average molecular weight is 557 g/mol. The molecular weight excluding hydrogens is 512 g/mol. The zero-order valence-corrected chi connectivity index (χ0v) is 24.2. The Morgan fingerprint density at radius 2 is 1.55 bits per heavy atom. The largest absolute Gasteiger partial charge is 0.463 e. The highest BCUT2D eigenvalue weighted by Crippen LogP contribution is 2.18. The minimum absolute atomic E-state index is 0.0765. The lowest BCUT2D eigenvalue weighted by Crippen LogP contribution is -2.55. The molecule has 4 N–H and O–H groups in total. The molecule has 10 heteroatoms. The maximum atomic E-state index is 13.5. The van der Waals surface area contributed by atoms with E-state index in [-0.39, 0.29) is 36.2 Å². The number of carbonyl (C=O) groups excluding carboxylic acids is 5. The predicted molar refractivity (Wildman–Crippen MR) is 152 cm³/mol. The number of ether oxygens (including phenoxy) is 1. The number of benzene rings is 1. The Morgan fingerprint density at radius 3 is 2.10 bits per heavy atom. The lowest BCUT2D eigenvalue weighted by Gasteiger charge is -2.27. The molecular formula is C30H44N4O6. The summed E-state index contributed by atoms with van der Waals surface area (Å²) in [6, 6.07) is 6.30. The van der Waals surface area contributed by atoms with E-state index in [0.29, 0.717) is 37.8 Å². The Morgan fingerprint density at radius 1 is 0.950 bits per heavy atom. The molecule has 1 saturated heterocycles. The van der Waals surface area contributed by atoms with Gasteiger partial charge in [-0.2, -0.15) is 0 Å². The maximum absolute atomic E-state index is 13.5. The van der Waals surface area contributed by atoms with Crippen molar-refractivity contribution < 1.29 is 28.7 Å². The van der Waals surface area contributed by atoms with Gasteiger partial charge in [-0.15, -0.1) is 0 Å². The molecule has 10 nitrogen and oxygen atoms in total. The van der Waals surface area contributed by atoms with Crippen molar-refractivity contribution in [3.05, 3.63) is 48.0 Å². The van der Waals surface area contributed by atoms with Crippen LogP contribution in [-0.4, -0.2) is 60.9 Å². The van der Waals surface area contributed by atoms with E-state index in [1.54, 1.807) is 37.3 Å². The standard InChI is InChI=1S/C30H44N4O6/c1-6-40-26(35)13-12-23(18-22-14-15-31-27(22)36)32-29(38)24(16-19(2)3)34-30(39)25(17-20(4)5)33-28(37)21-10-8-7-9-11-21/h7-13,19-20,22-25H,6,14-18H2,1-5H3,(H,31,36)(H,32,38)(H,33,37)(H,34,39)/b13-12+/t22-,23+,24-,25-/m0/s1. The molecule has 1 heterocycles. The molecule has 0 unspecified atom stereocenters. The van der Waals surface area contributed by atoms with Crippen LogP contribution in [0.2, 0.25) is 0 Å². The SMILES string of the molecule is CCOC(=O)/C=C/[C@H](C[C@@H]1CCNC1=O)NC(=O)[C@H](CC(C)C)NC(=O)[C@H](CC(C)C)NC(=O)c1ccccc1. The van der Waals surface area contributed by atoms with Crippen molar-refractivity contribution in [3.8, 4) is 0 Å². The zero-order chi connectivity index (χ0) is 29.7. The molecule has 0 aromatic heterocycles. The van der Waals surface area contributed by atoms with Gasteiger partial charge in [-0.1, -0.05) is 52.0 Å². The predicted octanol–water partition coefficient (Wildman–Crippen LogP) is 2.49. The van der Waals surface area contributed by atoms with Crippen molar-refractivity contribution in [1.29, 1.82) is 0 Å². The van der Waals surface area contributed by atoms with Gasteiger partial charge in [0.15, 0.2) is 0 Å². The van der Waals surface area contributed by atoms with E-state index in [0.717, 1.165) is 0 Å². The van der Waals surface area contributed by atoms with Crippen LogP contribution < -0.4 is 21.3 Å². The van der Waals surface area contributed by atoms with Gasteiger partial charge in [0, 0.05) is 30.1 Å². The summed E-state index contributed by atoms with van der Waals surface area (Å²) in [7, 11) is 0. The van der Waals surface area contributed by atoms with Gasteiger partial charge >= 0.3 is 5.97 Å². The molecule has 0 aliphatic carbocycles. The highest BCUT2D eigenvalue weighted by molar-refractivity contribution is 5.98. The molecule has 1 aliphatic heterocycles. The molecule has 220 valence electrons. The van der Waals surface area contributed by atoms with Gasteiger partial charge in [0.25, 0.3) is 5.91 Å². The van der Waals surface area contributed by atoms with Crippen molar-refractivity contribution in [2.24, 2.45) is 17.8 Å². The van der Waals surface area contributed by atoms with E-state index in [9.17, 15) is 24.0 Å². The normalized spacial score (nSPS) is 17.3. The van der Waals surface area contributed by atoms with Crippen molar-refractivity contribution in [2.45, 2.75) is 78.4 Å². The van der Waals surface area contributed by atoms with Crippen LogP contribution in [0.25, 0.3) is 0 Å². The number of carbonyl (C=O) groups is 5. The first-order valence-electron chi connectivity index (χ1n) is 14.1. The van der Waals surface area contributed by atoms with Crippen molar-refractivity contribution in [3.63, 3.8) is 0 Å². The Labute approximate surface area is 237 Å². The molecule has 0 radical (unpaired) electrons. The van der Waals surface area contributed by atoms with Crippen molar-refractivity contribution in [2.75, 3.05) is 13.2 Å². The fourth-order valence-electron chi connectivity index (χ4n) is 4.54. The van der Waals surface area contributed by atoms with Crippen LogP contribution in [0.5, 0.6) is 0 Å². The highest BCUT2D eigenvalue weighted by atomic mass is 16.5. The van der Waals surface area contributed by atoms with Crippen LogP contribution in [0.15, 0.2) is 42.5 Å². The number of nitrogens with one attached hydrogen (secondary N) is 4. The lowest BCUT2D eigenvalue weighted by molar-refractivity contribution is -0.137. The van der Waals surface area contributed by atoms with E-state index in [1.807, 2.05) is 27.7 Å². The van der Waals surface area contributed by atoms with Crippen molar-refractivity contribution in [1.82, 2.24) is 21.3 Å². The fourth-order valence-corrected chi connectivity index (χ4v) is 4.54. The summed E-state index contributed by atoms with van der Waals surface area (Å²) in [4.78, 5) is 63.8. The third kappa shape index (κ3) is 11.2. The quantitative estimate of drug-likeness (QED) is 0.193. The van der Waals surface area contributed by atoms with E-state index in [1.165, 1.54) is 12.2 Å². The molecule has 0 saturated carbocycles.